The summed E-state index contributed by atoms with van der Waals surface area (Å²) >= 11 is 1.50. The second kappa shape index (κ2) is 4.10. The molecule has 1 amide bonds. The minimum atomic E-state index is -0.492. The van der Waals surface area contributed by atoms with Crippen LogP contribution in [0.5, 0.6) is 5.75 Å². The number of carbonyl (C=O) groups is 1. The first-order valence-electron chi connectivity index (χ1n) is 4.71. The molecule has 0 aromatic carbocycles. The molecule has 0 aliphatic heterocycles. The van der Waals surface area contributed by atoms with Gasteiger partial charge in [-0.2, -0.15) is 0 Å². The summed E-state index contributed by atoms with van der Waals surface area (Å²) in [6.45, 7) is 0. The number of rotatable bonds is 4. The number of thioether (sulfide) groups is 1. The van der Waals surface area contributed by atoms with Gasteiger partial charge < -0.3 is 10.5 Å². The van der Waals surface area contributed by atoms with Gasteiger partial charge in [-0.3, -0.25) is 9.78 Å². The molecule has 4 nitrogen and oxygen atoms in total. The van der Waals surface area contributed by atoms with E-state index >= 15 is 0 Å². The van der Waals surface area contributed by atoms with Gasteiger partial charge in [-0.1, -0.05) is 0 Å². The molecule has 0 bridgehead atoms. The number of amides is 1. The van der Waals surface area contributed by atoms with Gasteiger partial charge in [0.25, 0.3) is 5.91 Å². The van der Waals surface area contributed by atoms with Crippen molar-refractivity contribution in [2.75, 3.05) is 6.26 Å². The summed E-state index contributed by atoms with van der Waals surface area (Å²) in [5.74, 6) is 0.0987. The topological polar surface area (TPSA) is 65.2 Å². The van der Waals surface area contributed by atoms with E-state index < -0.39 is 5.91 Å². The van der Waals surface area contributed by atoms with Crippen molar-refractivity contribution in [3.63, 3.8) is 0 Å². The predicted molar refractivity (Wildman–Crippen MR) is 58.2 cm³/mol. The highest BCUT2D eigenvalue weighted by Gasteiger charge is 2.27. The van der Waals surface area contributed by atoms with Crippen molar-refractivity contribution in [3.8, 4) is 5.75 Å². The molecule has 1 aromatic rings. The largest absolute Gasteiger partial charge is 0.488 e. The van der Waals surface area contributed by atoms with Crippen molar-refractivity contribution < 1.29 is 9.53 Å². The molecule has 15 heavy (non-hydrogen) atoms. The van der Waals surface area contributed by atoms with E-state index in [1.807, 2.05) is 6.26 Å². The lowest BCUT2D eigenvalue weighted by Gasteiger charge is -2.11. The van der Waals surface area contributed by atoms with Gasteiger partial charge in [0, 0.05) is 12.4 Å². The molecular weight excluding hydrogens is 212 g/mol. The third kappa shape index (κ3) is 2.23. The van der Waals surface area contributed by atoms with Crippen LogP contribution in [-0.2, 0) is 0 Å². The summed E-state index contributed by atoms with van der Waals surface area (Å²) in [6.07, 6.45) is 7.41. The monoisotopic (exact) mass is 224 g/mol. The van der Waals surface area contributed by atoms with Crippen LogP contribution >= 0.6 is 11.8 Å². The van der Waals surface area contributed by atoms with Gasteiger partial charge in [-0.05, 0) is 19.1 Å². The van der Waals surface area contributed by atoms with Crippen LogP contribution in [0.25, 0.3) is 0 Å². The van der Waals surface area contributed by atoms with Crippen LogP contribution in [-0.4, -0.2) is 23.3 Å². The van der Waals surface area contributed by atoms with Crippen molar-refractivity contribution in [2.24, 2.45) is 5.73 Å². The van der Waals surface area contributed by atoms with Crippen LogP contribution in [0.1, 0.15) is 23.2 Å². The van der Waals surface area contributed by atoms with Gasteiger partial charge in [-0.15, -0.1) is 11.8 Å². The quantitative estimate of drug-likeness (QED) is 0.786. The average Bonchev–Trinajstić information content (AvgIpc) is 3.01. The number of ether oxygens (including phenoxy) is 1. The summed E-state index contributed by atoms with van der Waals surface area (Å²) in [5.41, 5.74) is 5.64. The molecule has 2 rings (SSSR count). The molecule has 5 heteroatoms. The van der Waals surface area contributed by atoms with E-state index in [1.54, 1.807) is 6.20 Å². The summed E-state index contributed by atoms with van der Waals surface area (Å²) in [4.78, 5) is 16.0. The standard InChI is InChI=1S/C10H12N2O2S/c1-15-8-5-12-4-7(10(11)13)9(8)14-6-2-3-6/h4-6H,2-3H2,1H3,(H2,11,13). The maximum atomic E-state index is 11.2. The Hall–Kier alpha value is -1.23. The Morgan fingerprint density at radius 3 is 2.87 bits per heavy atom. The first-order valence-corrected chi connectivity index (χ1v) is 5.93. The van der Waals surface area contributed by atoms with Crippen LogP contribution in [0.4, 0.5) is 0 Å². The van der Waals surface area contributed by atoms with Gasteiger partial charge in [0.1, 0.15) is 11.3 Å². The van der Waals surface area contributed by atoms with Crippen LogP contribution in [0.2, 0.25) is 0 Å². The predicted octanol–water partition coefficient (Wildman–Crippen LogP) is 1.44. The summed E-state index contributed by atoms with van der Waals surface area (Å²) in [7, 11) is 0. The molecule has 0 spiro atoms. The first kappa shape index (κ1) is 10.3. The number of hydrogen-bond acceptors (Lipinski definition) is 4. The zero-order valence-corrected chi connectivity index (χ0v) is 9.21. The molecule has 1 aliphatic rings. The average molecular weight is 224 g/mol. The molecule has 1 fully saturated rings. The van der Waals surface area contributed by atoms with Gasteiger partial charge >= 0.3 is 0 Å². The van der Waals surface area contributed by atoms with Gasteiger partial charge in [0.05, 0.1) is 11.0 Å². The Morgan fingerprint density at radius 1 is 1.60 bits per heavy atom. The number of hydrogen-bond donors (Lipinski definition) is 1. The molecule has 1 aromatic heterocycles. The fourth-order valence-electron chi connectivity index (χ4n) is 1.22. The Balaban J connectivity index is 2.38. The van der Waals surface area contributed by atoms with Gasteiger partial charge in [-0.25, -0.2) is 0 Å². The lowest BCUT2D eigenvalue weighted by molar-refractivity contribution is 0.0995. The maximum Gasteiger partial charge on any atom is 0.254 e. The van der Waals surface area contributed by atoms with E-state index in [9.17, 15) is 4.79 Å². The third-order valence-corrected chi connectivity index (χ3v) is 2.89. The number of primary amides is 1. The van der Waals surface area contributed by atoms with E-state index in [4.69, 9.17) is 10.5 Å². The maximum absolute atomic E-state index is 11.2. The molecule has 0 unspecified atom stereocenters. The van der Waals surface area contributed by atoms with Crippen LogP contribution in [0, 0.1) is 0 Å². The first-order chi connectivity index (χ1) is 7.22. The minimum absolute atomic E-state index is 0.247. The van der Waals surface area contributed by atoms with Crippen LogP contribution in [0.3, 0.4) is 0 Å². The molecule has 0 radical (unpaired) electrons. The molecule has 0 saturated heterocycles. The van der Waals surface area contributed by atoms with Crippen molar-refractivity contribution in [1.29, 1.82) is 0 Å². The number of carbonyl (C=O) groups excluding carboxylic acids is 1. The molecule has 1 heterocycles. The molecule has 2 N–H and O–H groups in total. The number of aromatic nitrogens is 1. The van der Waals surface area contributed by atoms with Crippen molar-refractivity contribution in [3.05, 3.63) is 18.0 Å². The third-order valence-electron chi connectivity index (χ3n) is 2.16. The van der Waals surface area contributed by atoms with Crippen LogP contribution in [0.15, 0.2) is 17.3 Å². The molecule has 80 valence electrons. The Morgan fingerprint density at radius 2 is 2.33 bits per heavy atom. The summed E-state index contributed by atoms with van der Waals surface area (Å²) < 4.78 is 5.68. The normalized spacial score (nSPS) is 15.0. The smallest absolute Gasteiger partial charge is 0.254 e. The Labute approximate surface area is 92.2 Å². The fraction of sp³-hybridized carbons (Fsp3) is 0.400. The van der Waals surface area contributed by atoms with Gasteiger partial charge in [0.15, 0.2) is 0 Å². The molecule has 0 atom stereocenters. The van der Waals surface area contributed by atoms with E-state index in [0.29, 0.717) is 11.3 Å². The van der Waals surface area contributed by atoms with E-state index in [2.05, 4.69) is 4.98 Å². The lowest BCUT2D eigenvalue weighted by Crippen LogP contribution is -2.14. The highest BCUT2D eigenvalue weighted by atomic mass is 32.2. The van der Waals surface area contributed by atoms with E-state index in [1.165, 1.54) is 18.0 Å². The van der Waals surface area contributed by atoms with Crippen molar-refractivity contribution in [2.45, 2.75) is 23.8 Å². The minimum Gasteiger partial charge on any atom is -0.488 e. The van der Waals surface area contributed by atoms with Crippen molar-refractivity contribution in [1.82, 2.24) is 4.98 Å². The molecule has 1 aliphatic carbocycles. The zero-order valence-electron chi connectivity index (χ0n) is 8.40. The van der Waals surface area contributed by atoms with Crippen LogP contribution < -0.4 is 10.5 Å². The molecule has 1 saturated carbocycles. The van der Waals surface area contributed by atoms with Crippen molar-refractivity contribution >= 4 is 17.7 Å². The second-order valence-electron chi connectivity index (χ2n) is 3.40. The number of nitrogens with two attached hydrogens (primary N) is 1. The van der Waals surface area contributed by atoms with Gasteiger partial charge in [0.2, 0.25) is 0 Å². The zero-order chi connectivity index (χ0) is 10.8. The summed E-state index contributed by atoms with van der Waals surface area (Å²) in [5, 5.41) is 0. The second-order valence-corrected chi connectivity index (χ2v) is 4.25. The highest BCUT2D eigenvalue weighted by molar-refractivity contribution is 7.98. The Kier molecular flexibility index (Phi) is 2.81. The van der Waals surface area contributed by atoms with E-state index in [-0.39, 0.29) is 6.10 Å². The number of nitrogens with zero attached hydrogens (tertiary/aromatic N) is 1. The summed E-state index contributed by atoms with van der Waals surface area (Å²) in [6, 6.07) is 0. The SMILES string of the molecule is CSc1cncc(C(N)=O)c1OC1CC1. The fourth-order valence-corrected chi connectivity index (χ4v) is 1.73. The van der Waals surface area contributed by atoms with E-state index in [0.717, 1.165) is 17.7 Å². The highest BCUT2D eigenvalue weighted by Crippen LogP contribution is 2.35. The Bertz CT molecular complexity index is 391. The lowest BCUT2D eigenvalue weighted by atomic mass is 10.2. The molecular formula is C10H12N2O2S. The number of pyridine rings is 1.